The molecule has 0 atom stereocenters. The van der Waals surface area contributed by atoms with Crippen molar-refractivity contribution in [3.05, 3.63) is 65.7 Å². The molecule has 1 aromatic heterocycles. The van der Waals surface area contributed by atoms with Crippen molar-refractivity contribution < 1.29 is 18.7 Å². The minimum absolute atomic E-state index is 0.0990. The first-order valence-corrected chi connectivity index (χ1v) is 7.61. The number of amides is 2. The number of hydrogen-bond acceptors (Lipinski definition) is 5. The predicted molar refractivity (Wildman–Crippen MR) is 92.6 cm³/mol. The van der Waals surface area contributed by atoms with Crippen molar-refractivity contribution in [1.82, 2.24) is 5.32 Å². The van der Waals surface area contributed by atoms with Crippen molar-refractivity contribution in [3.63, 3.8) is 0 Å². The van der Waals surface area contributed by atoms with E-state index < -0.39 is 11.8 Å². The Morgan fingerprint density at radius 2 is 1.80 bits per heavy atom. The van der Waals surface area contributed by atoms with Crippen LogP contribution in [0.25, 0.3) is 11.0 Å². The highest BCUT2D eigenvalue weighted by molar-refractivity contribution is 6.05. The minimum Gasteiger partial charge on any atom is -0.494 e. The molecule has 2 aromatic carbocycles. The second-order valence-corrected chi connectivity index (χ2v) is 5.30. The Morgan fingerprint density at radius 3 is 2.56 bits per heavy atom. The molecule has 126 valence electrons. The average Bonchev–Trinajstić information content (AvgIpc) is 2.61. The van der Waals surface area contributed by atoms with Gasteiger partial charge in [0.25, 0.3) is 5.91 Å². The monoisotopic (exact) mass is 336 g/mol. The molecular formula is C19H16N2O4. The summed E-state index contributed by atoms with van der Waals surface area (Å²) in [5.74, 6) is -0.485. The summed E-state index contributed by atoms with van der Waals surface area (Å²) >= 11 is 0. The van der Waals surface area contributed by atoms with Crippen molar-refractivity contribution >= 4 is 28.5 Å². The van der Waals surface area contributed by atoms with Crippen LogP contribution in [0.1, 0.15) is 17.3 Å². The van der Waals surface area contributed by atoms with E-state index in [0.29, 0.717) is 17.0 Å². The number of benzene rings is 2. The third-order valence-corrected chi connectivity index (χ3v) is 3.50. The molecule has 6 nitrogen and oxygen atoms in total. The number of ether oxygens (including phenoxy) is 1. The summed E-state index contributed by atoms with van der Waals surface area (Å²) in [5, 5.41) is 2.98. The fourth-order valence-electron chi connectivity index (χ4n) is 2.37. The summed E-state index contributed by atoms with van der Waals surface area (Å²) in [6, 6.07) is 16.0. The Kier molecular flexibility index (Phi) is 4.61. The number of carbonyl (C=O) groups excluding carboxylic acids is 2. The van der Waals surface area contributed by atoms with E-state index in [1.807, 2.05) is 24.3 Å². The molecule has 0 spiro atoms. The molecule has 1 N–H and O–H groups in total. The second kappa shape index (κ2) is 7.00. The molecule has 3 aromatic rings. The van der Waals surface area contributed by atoms with Gasteiger partial charge < -0.3 is 9.15 Å². The van der Waals surface area contributed by atoms with Gasteiger partial charge in [-0.05, 0) is 24.3 Å². The predicted octanol–water partition coefficient (Wildman–Crippen LogP) is 2.95. The number of imide groups is 1. The number of nitrogens with zero attached hydrogens (tertiary/aromatic N) is 1. The number of carbonyl (C=O) groups is 2. The maximum Gasteiger partial charge on any atom is 0.263 e. The molecule has 6 heteroatoms. The SMILES string of the molecule is COc1ccccc1N=c1oc2ccccc2cc1C(=O)NC(C)=O. The van der Waals surface area contributed by atoms with Crippen molar-refractivity contribution in [3.8, 4) is 5.75 Å². The van der Waals surface area contributed by atoms with Crippen LogP contribution in [-0.2, 0) is 4.79 Å². The van der Waals surface area contributed by atoms with Crippen LogP contribution in [-0.4, -0.2) is 18.9 Å². The van der Waals surface area contributed by atoms with Gasteiger partial charge in [-0.2, -0.15) is 0 Å². The topological polar surface area (TPSA) is 80.9 Å². The lowest BCUT2D eigenvalue weighted by molar-refractivity contribution is -0.118. The highest BCUT2D eigenvalue weighted by Crippen LogP contribution is 2.26. The number of methoxy groups -OCH3 is 1. The maximum absolute atomic E-state index is 12.4. The molecule has 2 amide bonds. The molecule has 0 saturated heterocycles. The van der Waals surface area contributed by atoms with Gasteiger partial charge >= 0.3 is 0 Å². The third-order valence-electron chi connectivity index (χ3n) is 3.50. The zero-order valence-corrected chi connectivity index (χ0v) is 13.8. The average molecular weight is 336 g/mol. The first-order chi connectivity index (χ1) is 12.1. The van der Waals surface area contributed by atoms with E-state index in [1.165, 1.54) is 14.0 Å². The Morgan fingerprint density at radius 1 is 1.08 bits per heavy atom. The molecule has 0 fully saturated rings. The standard InChI is InChI=1S/C19H16N2O4/c1-12(22)20-18(23)14-11-13-7-3-5-9-16(13)25-19(14)21-15-8-4-6-10-17(15)24-2/h3-11H,1-2H3,(H,20,22,23). The largest absolute Gasteiger partial charge is 0.494 e. The van der Waals surface area contributed by atoms with Gasteiger partial charge in [0.1, 0.15) is 22.6 Å². The molecule has 0 bridgehead atoms. The smallest absolute Gasteiger partial charge is 0.263 e. The van der Waals surface area contributed by atoms with Crippen LogP contribution >= 0.6 is 0 Å². The second-order valence-electron chi connectivity index (χ2n) is 5.30. The van der Waals surface area contributed by atoms with Crippen LogP contribution in [0.3, 0.4) is 0 Å². The zero-order chi connectivity index (χ0) is 17.8. The zero-order valence-electron chi connectivity index (χ0n) is 13.8. The number of hydrogen-bond donors (Lipinski definition) is 1. The molecule has 0 radical (unpaired) electrons. The molecule has 25 heavy (non-hydrogen) atoms. The lowest BCUT2D eigenvalue weighted by Gasteiger charge is -2.06. The summed E-state index contributed by atoms with van der Waals surface area (Å²) < 4.78 is 11.1. The van der Waals surface area contributed by atoms with Crippen molar-refractivity contribution in [2.24, 2.45) is 4.99 Å². The number of para-hydroxylation sites is 3. The van der Waals surface area contributed by atoms with Crippen LogP contribution in [0.2, 0.25) is 0 Å². The van der Waals surface area contributed by atoms with Gasteiger partial charge in [-0.3, -0.25) is 14.9 Å². The van der Waals surface area contributed by atoms with Crippen LogP contribution in [0.4, 0.5) is 5.69 Å². The first kappa shape index (κ1) is 16.4. The van der Waals surface area contributed by atoms with Gasteiger partial charge in [0, 0.05) is 12.3 Å². The molecular weight excluding hydrogens is 320 g/mol. The summed E-state index contributed by atoms with van der Waals surface area (Å²) in [6.07, 6.45) is 0. The highest BCUT2D eigenvalue weighted by Gasteiger charge is 2.14. The first-order valence-electron chi connectivity index (χ1n) is 7.61. The fraction of sp³-hybridized carbons (Fsp3) is 0.105. The lowest BCUT2D eigenvalue weighted by Crippen LogP contribution is -2.32. The molecule has 3 rings (SSSR count). The molecule has 0 aliphatic carbocycles. The van der Waals surface area contributed by atoms with Crippen molar-refractivity contribution in [2.45, 2.75) is 6.92 Å². The van der Waals surface area contributed by atoms with Gasteiger partial charge in [-0.15, -0.1) is 0 Å². The van der Waals surface area contributed by atoms with Gasteiger partial charge in [-0.25, -0.2) is 4.99 Å². The number of fused-ring (bicyclic) bond motifs is 1. The Balaban J connectivity index is 2.26. The molecule has 0 unspecified atom stereocenters. The maximum atomic E-state index is 12.4. The van der Waals surface area contributed by atoms with Crippen molar-refractivity contribution in [1.29, 1.82) is 0 Å². The normalized spacial score (nSPS) is 11.4. The molecule has 0 aliphatic heterocycles. The van der Waals surface area contributed by atoms with E-state index in [1.54, 1.807) is 30.3 Å². The third kappa shape index (κ3) is 3.58. The van der Waals surface area contributed by atoms with E-state index in [2.05, 4.69) is 10.3 Å². The van der Waals surface area contributed by atoms with Crippen LogP contribution in [0, 0.1) is 0 Å². The fourth-order valence-corrected chi connectivity index (χ4v) is 2.37. The van der Waals surface area contributed by atoms with Crippen LogP contribution in [0.15, 0.2) is 64.0 Å². The summed E-state index contributed by atoms with van der Waals surface area (Å²) in [7, 11) is 1.54. The number of nitrogens with one attached hydrogen (secondary N) is 1. The van der Waals surface area contributed by atoms with E-state index >= 15 is 0 Å². The quantitative estimate of drug-likeness (QED) is 0.797. The van der Waals surface area contributed by atoms with Gasteiger partial charge in [0.15, 0.2) is 0 Å². The molecule has 0 saturated carbocycles. The van der Waals surface area contributed by atoms with Gasteiger partial charge in [0.05, 0.1) is 7.11 Å². The van der Waals surface area contributed by atoms with Gasteiger partial charge in [-0.1, -0.05) is 30.3 Å². The van der Waals surface area contributed by atoms with E-state index in [-0.39, 0.29) is 11.1 Å². The van der Waals surface area contributed by atoms with E-state index in [9.17, 15) is 9.59 Å². The van der Waals surface area contributed by atoms with Crippen molar-refractivity contribution in [2.75, 3.05) is 7.11 Å². The van der Waals surface area contributed by atoms with Gasteiger partial charge in [0.2, 0.25) is 11.5 Å². The summed E-state index contributed by atoms with van der Waals surface area (Å²) in [4.78, 5) is 28.1. The number of rotatable bonds is 3. The lowest BCUT2D eigenvalue weighted by atomic mass is 10.1. The highest BCUT2D eigenvalue weighted by atomic mass is 16.5. The molecule has 0 aliphatic rings. The Bertz CT molecular complexity index is 1020. The van der Waals surface area contributed by atoms with Crippen LogP contribution in [0.5, 0.6) is 5.75 Å². The Labute approximate surface area is 143 Å². The molecule has 1 heterocycles. The van der Waals surface area contributed by atoms with E-state index in [4.69, 9.17) is 9.15 Å². The summed E-state index contributed by atoms with van der Waals surface area (Å²) in [6.45, 7) is 1.27. The summed E-state index contributed by atoms with van der Waals surface area (Å²) in [5.41, 5.74) is 1.36. The van der Waals surface area contributed by atoms with Crippen LogP contribution < -0.4 is 15.6 Å². The van der Waals surface area contributed by atoms with E-state index in [0.717, 1.165) is 5.39 Å². The Hall–Kier alpha value is -3.41. The minimum atomic E-state index is -0.573.